The van der Waals surface area contributed by atoms with Gasteiger partial charge in [0.05, 0.1) is 16.6 Å². The molecule has 0 spiro atoms. The number of hydrogen-bond acceptors (Lipinski definition) is 4. The number of nitrogens with one attached hydrogen (secondary N) is 1. The Kier molecular flexibility index (Phi) is 3.90. The minimum Gasteiger partial charge on any atom is -0.481 e. The van der Waals surface area contributed by atoms with Gasteiger partial charge in [0.25, 0.3) is 0 Å². The summed E-state index contributed by atoms with van der Waals surface area (Å²) in [6.45, 7) is 3.06. The van der Waals surface area contributed by atoms with Crippen molar-refractivity contribution in [2.24, 2.45) is 23.7 Å². The number of sulfone groups is 1. The zero-order valence-electron chi connectivity index (χ0n) is 12.4. The molecule has 0 aromatic carbocycles. The predicted molar refractivity (Wildman–Crippen MR) is 77.3 cm³/mol. The molecule has 1 saturated carbocycles. The monoisotopic (exact) mass is 315 g/mol. The molecule has 21 heavy (non-hydrogen) atoms. The van der Waals surface area contributed by atoms with Gasteiger partial charge in [0.2, 0.25) is 5.91 Å². The Morgan fingerprint density at radius 3 is 2.24 bits per heavy atom. The second-order valence-electron chi connectivity index (χ2n) is 6.59. The van der Waals surface area contributed by atoms with E-state index in [0.717, 1.165) is 6.26 Å². The molecule has 0 aromatic heterocycles. The van der Waals surface area contributed by atoms with Crippen LogP contribution in [0, 0.1) is 23.7 Å². The fourth-order valence-electron chi connectivity index (χ4n) is 3.07. The summed E-state index contributed by atoms with van der Waals surface area (Å²) in [4.78, 5) is 23.7. The lowest BCUT2D eigenvalue weighted by Gasteiger charge is -2.27. The fourth-order valence-corrected chi connectivity index (χ4v) is 3.40. The number of carboxylic acid groups (broad SMARTS) is 1. The van der Waals surface area contributed by atoms with Crippen molar-refractivity contribution in [2.45, 2.75) is 25.0 Å². The van der Waals surface area contributed by atoms with Crippen LogP contribution in [0.5, 0.6) is 0 Å². The second-order valence-corrected chi connectivity index (χ2v) is 9.24. The molecule has 1 fully saturated rings. The number of carbonyl (C=O) groups excluding carboxylic acids is 1. The number of rotatable bonds is 5. The van der Waals surface area contributed by atoms with Gasteiger partial charge in [-0.15, -0.1) is 0 Å². The standard InChI is InChI=1S/C14H21NO5S/c1-14(2,21(3,19)20)7-15-12(16)10-8-4-5-9(6-8)11(10)13(17)18/h4-5,8-11H,6-7H2,1-3H3,(H,15,16)(H,17,18). The summed E-state index contributed by atoms with van der Waals surface area (Å²) in [6.07, 6.45) is 5.58. The molecule has 2 rings (SSSR count). The van der Waals surface area contributed by atoms with Crippen molar-refractivity contribution < 1.29 is 23.1 Å². The van der Waals surface area contributed by atoms with E-state index in [2.05, 4.69) is 5.32 Å². The summed E-state index contributed by atoms with van der Waals surface area (Å²) in [5.74, 6) is -2.79. The van der Waals surface area contributed by atoms with E-state index >= 15 is 0 Å². The molecule has 2 N–H and O–H groups in total. The number of aliphatic carboxylic acids is 1. The van der Waals surface area contributed by atoms with E-state index in [1.807, 2.05) is 12.2 Å². The Morgan fingerprint density at radius 2 is 1.76 bits per heavy atom. The van der Waals surface area contributed by atoms with Crippen molar-refractivity contribution in [1.29, 1.82) is 0 Å². The Labute approximate surface area is 124 Å². The van der Waals surface area contributed by atoms with Gasteiger partial charge >= 0.3 is 5.97 Å². The maximum Gasteiger partial charge on any atom is 0.307 e. The number of fused-ring (bicyclic) bond motifs is 2. The molecule has 0 aromatic rings. The molecule has 2 bridgehead atoms. The molecule has 2 aliphatic rings. The van der Waals surface area contributed by atoms with Crippen molar-refractivity contribution in [2.75, 3.05) is 12.8 Å². The van der Waals surface area contributed by atoms with Gasteiger partial charge in [-0.25, -0.2) is 8.42 Å². The van der Waals surface area contributed by atoms with E-state index in [4.69, 9.17) is 0 Å². The van der Waals surface area contributed by atoms with Gasteiger partial charge in [0.15, 0.2) is 9.84 Å². The van der Waals surface area contributed by atoms with Crippen molar-refractivity contribution in [3.63, 3.8) is 0 Å². The van der Waals surface area contributed by atoms with E-state index < -0.39 is 32.4 Å². The summed E-state index contributed by atoms with van der Waals surface area (Å²) in [5, 5.41) is 11.9. The molecule has 0 heterocycles. The van der Waals surface area contributed by atoms with Crippen LogP contribution in [0.4, 0.5) is 0 Å². The normalized spacial score (nSPS) is 31.4. The van der Waals surface area contributed by atoms with Crippen molar-refractivity contribution in [3.8, 4) is 0 Å². The number of carboxylic acids is 1. The zero-order chi connectivity index (χ0) is 16.0. The Morgan fingerprint density at radius 1 is 1.24 bits per heavy atom. The molecule has 4 unspecified atom stereocenters. The van der Waals surface area contributed by atoms with Crippen molar-refractivity contribution >= 4 is 21.7 Å². The number of amides is 1. The van der Waals surface area contributed by atoms with Gasteiger partial charge in [-0.05, 0) is 32.1 Å². The van der Waals surface area contributed by atoms with Gasteiger partial charge in [0, 0.05) is 12.8 Å². The Bertz CT molecular complexity index is 592. The predicted octanol–water partition coefficient (Wildman–Crippen LogP) is 0.449. The first-order chi connectivity index (χ1) is 9.54. The molecule has 0 radical (unpaired) electrons. The lowest BCUT2D eigenvalue weighted by atomic mass is 9.82. The maximum absolute atomic E-state index is 12.3. The fraction of sp³-hybridized carbons (Fsp3) is 0.714. The van der Waals surface area contributed by atoms with Crippen molar-refractivity contribution in [3.05, 3.63) is 12.2 Å². The van der Waals surface area contributed by atoms with Crippen LogP contribution in [0.15, 0.2) is 12.2 Å². The molecule has 0 saturated heterocycles. The largest absolute Gasteiger partial charge is 0.481 e. The minimum absolute atomic E-state index is 0.0192. The van der Waals surface area contributed by atoms with Gasteiger partial charge in [-0.3, -0.25) is 9.59 Å². The lowest BCUT2D eigenvalue weighted by Crippen LogP contribution is -2.47. The van der Waals surface area contributed by atoms with Crippen LogP contribution in [0.1, 0.15) is 20.3 Å². The molecule has 1 amide bonds. The Balaban J connectivity index is 2.07. The highest BCUT2D eigenvalue weighted by molar-refractivity contribution is 7.92. The summed E-state index contributed by atoms with van der Waals surface area (Å²) in [5.41, 5.74) is 0. The third kappa shape index (κ3) is 2.84. The van der Waals surface area contributed by atoms with Crippen LogP contribution in [-0.2, 0) is 19.4 Å². The molecular weight excluding hydrogens is 294 g/mol. The molecule has 118 valence electrons. The lowest BCUT2D eigenvalue weighted by molar-refractivity contribution is -0.147. The zero-order valence-corrected chi connectivity index (χ0v) is 13.2. The molecule has 6 nitrogen and oxygen atoms in total. The number of allylic oxidation sites excluding steroid dienone is 2. The van der Waals surface area contributed by atoms with Crippen LogP contribution in [0.25, 0.3) is 0 Å². The van der Waals surface area contributed by atoms with Crippen LogP contribution >= 0.6 is 0 Å². The summed E-state index contributed by atoms with van der Waals surface area (Å²) in [7, 11) is -3.31. The topological polar surface area (TPSA) is 101 Å². The van der Waals surface area contributed by atoms with E-state index in [-0.39, 0.29) is 24.3 Å². The van der Waals surface area contributed by atoms with Gasteiger partial charge in [-0.2, -0.15) is 0 Å². The van der Waals surface area contributed by atoms with E-state index in [0.29, 0.717) is 6.42 Å². The first kappa shape index (κ1) is 16.0. The first-order valence-electron chi connectivity index (χ1n) is 6.93. The summed E-state index contributed by atoms with van der Waals surface area (Å²) in [6, 6.07) is 0. The molecular formula is C14H21NO5S. The van der Waals surface area contributed by atoms with Crippen LogP contribution in [0.2, 0.25) is 0 Å². The highest BCUT2D eigenvalue weighted by atomic mass is 32.2. The highest BCUT2D eigenvalue weighted by Crippen LogP contribution is 2.48. The Hall–Kier alpha value is -1.37. The van der Waals surface area contributed by atoms with Crippen LogP contribution < -0.4 is 5.32 Å². The van der Waals surface area contributed by atoms with Gasteiger partial charge in [-0.1, -0.05) is 12.2 Å². The van der Waals surface area contributed by atoms with Gasteiger partial charge < -0.3 is 10.4 Å². The second kappa shape index (κ2) is 5.12. The average molecular weight is 315 g/mol. The van der Waals surface area contributed by atoms with Gasteiger partial charge in [0.1, 0.15) is 0 Å². The quantitative estimate of drug-likeness (QED) is 0.717. The highest BCUT2D eigenvalue weighted by Gasteiger charge is 2.51. The van der Waals surface area contributed by atoms with E-state index in [9.17, 15) is 23.1 Å². The first-order valence-corrected chi connectivity index (χ1v) is 8.82. The smallest absolute Gasteiger partial charge is 0.307 e. The maximum atomic E-state index is 12.3. The number of carbonyl (C=O) groups is 2. The van der Waals surface area contributed by atoms with Crippen LogP contribution in [0.3, 0.4) is 0 Å². The van der Waals surface area contributed by atoms with Crippen molar-refractivity contribution in [1.82, 2.24) is 5.32 Å². The third-order valence-corrected chi connectivity index (χ3v) is 6.89. The number of hydrogen-bond donors (Lipinski definition) is 2. The molecule has 0 aliphatic heterocycles. The summed E-state index contributed by atoms with van der Waals surface area (Å²) < 4.78 is 22.2. The van der Waals surface area contributed by atoms with Crippen LogP contribution in [-0.4, -0.2) is 42.9 Å². The van der Waals surface area contributed by atoms with E-state index in [1.165, 1.54) is 13.8 Å². The minimum atomic E-state index is -3.31. The molecule has 2 aliphatic carbocycles. The summed E-state index contributed by atoms with van der Waals surface area (Å²) >= 11 is 0. The third-order valence-electron chi connectivity index (χ3n) is 4.74. The molecule has 7 heteroatoms. The molecule has 4 atom stereocenters. The SMILES string of the molecule is CC(C)(CNC(=O)C1C2C=CC(C2)C1C(=O)O)S(C)(=O)=O. The average Bonchev–Trinajstić information content (AvgIpc) is 2.94. The van der Waals surface area contributed by atoms with E-state index in [1.54, 1.807) is 0 Å².